The van der Waals surface area contributed by atoms with Crippen molar-refractivity contribution in [1.29, 1.82) is 0 Å². The first-order valence-corrected chi connectivity index (χ1v) is 7.67. The summed E-state index contributed by atoms with van der Waals surface area (Å²) in [5.74, 6) is 0.305. The Bertz CT molecular complexity index is 409. The number of thiophene rings is 1. The Labute approximate surface area is 115 Å². The summed E-state index contributed by atoms with van der Waals surface area (Å²) in [4.78, 5) is 15.5. The second kappa shape index (κ2) is 5.11. The Morgan fingerprint density at radius 3 is 2.71 bits per heavy atom. The number of rotatable bonds is 3. The molecule has 0 atom stereocenters. The molecule has 1 aliphatic carbocycles. The minimum atomic E-state index is -0.108. The molecule has 1 aromatic rings. The predicted molar refractivity (Wildman–Crippen MR) is 75.1 cm³/mol. The van der Waals surface area contributed by atoms with Gasteiger partial charge in [0.1, 0.15) is 0 Å². The fourth-order valence-corrected chi connectivity index (χ4v) is 4.08. The molecule has 1 aliphatic rings. The number of halogens is 1. The molecule has 0 aliphatic heterocycles. The molecule has 4 heteroatoms. The van der Waals surface area contributed by atoms with Crippen molar-refractivity contribution in [3.05, 3.63) is 20.8 Å². The molecule has 0 spiro atoms. The van der Waals surface area contributed by atoms with Gasteiger partial charge in [-0.1, -0.05) is 19.8 Å². The number of hydrogen-bond acceptors (Lipinski definition) is 2. The summed E-state index contributed by atoms with van der Waals surface area (Å²) in [6, 6.07) is 2.09. The molecule has 0 unspecified atom stereocenters. The van der Waals surface area contributed by atoms with Gasteiger partial charge in [-0.2, -0.15) is 0 Å². The molecular weight excluding hydrogens is 298 g/mol. The maximum Gasteiger partial charge on any atom is 0.228 e. The molecule has 94 valence electrons. The van der Waals surface area contributed by atoms with Crippen LogP contribution in [0.3, 0.4) is 0 Å². The lowest BCUT2D eigenvalue weighted by atomic mass is 9.87. The van der Waals surface area contributed by atoms with Crippen LogP contribution in [0.4, 0.5) is 0 Å². The van der Waals surface area contributed by atoms with Crippen molar-refractivity contribution in [3.8, 4) is 0 Å². The molecule has 2 nitrogen and oxygen atoms in total. The highest BCUT2D eigenvalue weighted by Crippen LogP contribution is 2.39. The quantitative estimate of drug-likeness (QED) is 0.824. The van der Waals surface area contributed by atoms with Crippen molar-refractivity contribution in [2.45, 2.75) is 39.2 Å². The van der Waals surface area contributed by atoms with Crippen LogP contribution >= 0.6 is 27.3 Å². The lowest BCUT2D eigenvalue weighted by Gasteiger charge is -2.28. The topological polar surface area (TPSA) is 20.3 Å². The normalized spacial score (nSPS) is 18.3. The zero-order valence-corrected chi connectivity index (χ0v) is 12.7. The second-order valence-corrected chi connectivity index (χ2v) is 7.07. The van der Waals surface area contributed by atoms with Crippen molar-refractivity contribution < 1.29 is 4.79 Å². The SMILES string of the molecule is CN(Cc1cc(Br)cs1)C(=O)C1(C)CCCC1. The Kier molecular flexibility index (Phi) is 3.93. The van der Waals surface area contributed by atoms with E-state index in [1.54, 1.807) is 11.3 Å². The minimum Gasteiger partial charge on any atom is -0.340 e. The van der Waals surface area contributed by atoms with Crippen LogP contribution in [0.25, 0.3) is 0 Å². The van der Waals surface area contributed by atoms with Crippen molar-refractivity contribution in [1.82, 2.24) is 4.90 Å². The van der Waals surface area contributed by atoms with Gasteiger partial charge in [-0.05, 0) is 34.8 Å². The van der Waals surface area contributed by atoms with E-state index in [9.17, 15) is 4.79 Å². The van der Waals surface area contributed by atoms with E-state index < -0.39 is 0 Å². The van der Waals surface area contributed by atoms with Crippen molar-refractivity contribution in [2.75, 3.05) is 7.05 Å². The molecular formula is C13H18BrNOS. The van der Waals surface area contributed by atoms with Crippen LogP contribution in [-0.4, -0.2) is 17.9 Å². The summed E-state index contributed by atoms with van der Waals surface area (Å²) in [6.07, 6.45) is 4.48. The van der Waals surface area contributed by atoms with Gasteiger partial charge in [-0.25, -0.2) is 0 Å². The van der Waals surface area contributed by atoms with Crippen LogP contribution in [0.15, 0.2) is 15.9 Å². The Balaban J connectivity index is 2.00. The van der Waals surface area contributed by atoms with Crippen LogP contribution in [-0.2, 0) is 11.3 Å². The van der Waals surface area contributed by atoms with Crippen molar-refractivity contribution >= 4 is 33.2 Å². The van der Waals surface area contributed by atoms with Crippen LogP contribution in [0.5, 0.6) is 0 Å². The van der Waals surface area contributed by atoms with Crippen molar-refractivity contribution in [3.63, 3.8) is 0 Å². The molecule has 1 heterocycles. The number of hydrogen-bond donors (Lipinski definition) is 0. The lowest BCUT2D eigenvalue weighted by molar-refractivity contribution is -0.140. The number of carbonyl (C=O) groups excluding carboxylic acids is 1. The maximum atomic E-state index is 12.4. The first-order chi connectivity index (χ1) is 8.01. The molecule has 2 rings (SSSR count). The van der Waals surface area contributed by atoms with Crippen LogP contribution < -0.4 is 0 Å². The van der Waals surface area contributed by atoms with E-state index in [2.05, 4.69) is 34.3 Å². The van der Waals surface area contributed by atoms with Gasteiger partial charge in [0.25, 0.3) is 0 Å². The van der Waals surface area contributed by atoms with E-state index in [-0.39, 0.29) is 5.41 Å². The number of carbonyl (C=O) groups is 1. The van der Waals surface area contributed by atoms with Crippen molar-refractivity contribution in [2.24, 2.45) is 5.41 Å². The predicted octanol–water partition coefficient (Wildman–Crippen LogP) is 4.05. The van der Waals surface area contributed by atoms with Crippen LogP contribution in [0.2, 0.25) is 0 Å². The smallest absolute Gasteiger partial charge is 0.228 e. The average Bonchev–Trinajstić information content (AvgIpc) is 2.88. The maximum absolute atomic E-state index is 12.4. The first kappa shape index (κ1) is 13.1. The van der Waals surface area contributed by atoms with E-state index in [4.69, 9.17) is 0 Å². The molecule has 0 bridgehead atoms. The molecule has 1 saturated carbocycles. The monoisotopic (exact) mass is 315 g/mol. The Morgan fingerprint density at radius 2 is 2.18 bits per heavy atom. The molecule has 1 fully saturated rings. The van der Waals surface area contributed by atoms with Gasteiger partial charge < -0.3 is 4.90 Å². The van der Waals surface area contributed by atoms with E-state index in [0.717, 1.165) is 23.9 Å². The highest BCUT2D eigenvalue weighted by Gasteiger charge is 2.38. The molecule has 0 radical (unpaired) electrons. The third-order valence-corrected chi connectivity index (χ3v) is 5.27. The third kappa shape index (κ3) is 2.91. The first-order valence-electron chi connectivity index (χ1n) is 6.00. The standard InChI is InChI=1S/C13H18BrNOS/c1-13(5-3-4-6-13)12(16)15(2)8-11-7-10(14)9-17-11/h7,9H,3-6,8H2,1-2H3. The zero-order valence-electron chi connectivity index (χ0n) is 10.3. The molecule has 0 N–H and O–H groups in total. The van der Waals surface area contributed by atoms with Crippen LogP contribution in [0, 0.1) is 5.41 Å². The summed E-state index contributed by atoms with van der Waals surface area (Å²) < 4.78 is 1.10. The summed E-state index contributed by atoms with van der Waals surface area (Å²) >= 11 is 5.14. The summed E-state index contributed by atoms with van der Waals surface area (Å²) in [6.45, 7) is 2.84. The Morgan fingerprint density at radius 1 is 1.53 bits per heavy atom. The summed E-state index contributed by atoms with van der Waals surface area (Å²) in [7, 11) is 1.92. The average molecular weight is 316 g/mol. The summed E-state index contributed by atoms with van der Waals surface area (Å²) in [5.41, 5.74) is -0.108. The highest BCUT2D eigenvalue weighted by molar-refractivity contribution is 9.10. The van der Waals surface area contributed by atoms with E-state index in [0.29, 0.717) is 5.91 Å². The second-order valence-electron chi connectivity index (χ2n) is 5.16. The van der Waals surface area contributed by atoms with E-state index in [1.807, 2.05) is 11.9 Å². The molecule has 0 saturated heterocycles. The third-order valence-electron chi connectivity index (χ3n) is 3.58. The highest BCUT2D eigenvalue weighted by atomic mass is 79.9. The number of nitrogens with zero attached hydrogens (tertiary/aromatic N) is 1. The van der Waals surface area contributed by atoms with Crippen LogP contribution in [0.1, 0.15) is 37.5 Å². The van der Waals surface area contributed by atoms with Gasteiger partial charge in [0.05, 0.1) is 6.54 Å². The fourth-order valence-electron chi connectivity index (χ4n) is 2.57. The molecule has 17 heavy (non-hydrogen) atoms. The molecule has 0 aromatic carbocycles. The lowest BCUT2D eigenvalue weighted by Crippen LogP contribution is -2.38. The van der Waals surface area contributed by atoms with Gasteiger partial charge in [-0.3, -0.25) is 4.79 Å². The number of amides is 1. The van der Waals surface area contributed by atoms with Gasteiger partial charge in [-0.15, -0.1) is 11.3 Å². The largest absolute Gasteiger partial charge is 0.340 e. The molecule has 1 amide bonds. The molecule has 1 aromatic heterocycles. The van der Waals surface area contributed by atoms with Gasteiger partial charge >= 0.3 is 0 Å². The van der Waals surface area contributed by atoms with Gasteiger partial charge in [0, 0.05) is 27.2 Å². The zero-order chi connectivity index (χ0) is 12.5. The van der Waals surface area contributed by atoms with E-state index in [1.165, 1.54) is 17.7 Å². The minimum absolute atomic E-state index is 0.108. The summed E-state index contributed by atoms with van der Waals surface area (Å²) in [5, 5.41) is 2.06. The fraction of sp³-hybridized carbons (Fsp3) is 0.615. The van der Waals surface area contributed by atoms with Gasteiger partial charge in [0.15, 0.2) is 0 Å². The Hall–Kier alpha value is -0.350. The van der Waals surface area contributed by atoms with Gasteiger partial charge in [0.2, 0.25) is 5.91 Å². The van der Waals surface area contributed by atoms with E-state index >= 15 is 0 Å².